The first-order chi connectivity index (χ1) is 9.97. The van der Waals surface area contributed by atoms with E-state index in [0.717, 1.165) is 0 Å². The summed E-state index contributed by atoms with van der Waals surface area (Å²) >= 11 is 0. The number of rotatable bonds is 1. The van der Waals surface area contributed by atoms with Gasteiger partial charge in [-0.15, -0.1) is 0 Å². The third-order valence-electron chi connectivity index (χ3n) is 3.94. The van der Waals surface area contributed by atoms with Crippen LogP contribution in [0.3, 0.4) is 0 Å². The molecule has 2 aliphatic rings. The van der Waals surface area contributed by atoms with Gasteiger partial charge in [0.15, 0.2) is 17.3 Å². The van der Waals surface area contributed by atoms with Crippen LogP contribution in [0, 0.1) is 45.8 Å². The molecule has 0 spiro atoms. The van der Waals surface area contributed by atoms with Gasteiger partial charge >= 0.3 is 0 Å². The lowest BCUT2D eigenvalue weighted by atomic mass is 9.79. The van der Waals surface area contributed by atoms with Gasteiger partial charge in [0.05, 0.1) is 6.07 Å². The molecule has 2 rings (SSSR count). The van der Waals surface area contributed by atoms with E-state index in [1.165, 1.54) is 12.2 Å². The Kier molecular flexibility index (Phi) is 3.70. The first kappa shape index (κ1) is 14.6. The van der Waals surface area contributed by atoms with Crippen molar-refractivity contribution in [3.8, 4) is 18.2 Å². The molecule has 0 radical (unpaired) electrons. The van der Waals surface area contributed by atoms with E-state index in [-0.39, 0.29) is 17.3 Å². The molecular weight excluding hydrogens is 273 g/mol. The third-order valence-corrected chi connectivity index (χ3v) is 3.94. The molecule has 0 aliphatic carbocycles. The standard InChI is InChI=1S/C15H12FN3O2/c1-9-11(8-19)14(10(6-17)7-18)21-15(9,2)12-4-3-5-13(16)20-12/h3-5,9,11-12H,1-2H3. The number of ether oxygens (including phenoxy) is 2. The van der Waals surface area contributed by atoms with E-state index in [0.29, 0.717) is 0 Å². The molecule has 0 bridgehead atoms. The Labute approximate surface area is 121 Å². The van der Waals surface area contributed by atoms with Crippen molar-refractivity contribution in [3.05, 3.63) is 35.6 Å². The van der Waals surface area contributed by atoms with Gasteiger partial charge in [0.2, 0.25) is 0 Å². The van der Waals surface area contributed by atoms with E-state index in [4.69, 9.17) is 20.0 Å². The van der Waals surface area contributed by atoms with Gasteiger partial charge in [-0.05, 0) is 13.0 Å². The highest BCUT2D eigenvalue weighted by Gasteiger charge is 2.54. The van der Waals surface area contributed by atoms with Crippen molar-refractivity contribution in [3.63, 3.8) is 0 Å². The highest BCUT2D eigenvalue weighted by molar-refractivity contribution is 5.42. The second-order valence-electron chi connectivity index (χ2n) is 5.04. The van der Waals surface area contributed by atoms with Crippen LogP contribution in [0.4, 0.5) is 4.39 Å². The fourth-order valence-corrected chi connectivity index (χ4v) is 2.52. The lowest BCUT2D eigenvalue weighted by Crippen LogP contribution is -2.45. The highest BCUT2D eigenvalue weighted by Crippen LogP contribution is 2.47. The third kappa shape index (κ3) is 2.24. The Balaban J connectivity index is 2.45. The Hall–Kier alpha value is -2.78. The minimum atomic E-state index is -1.04. The number of nitrogens with zero attached hydrogens (tertiary/aromatic N) is 3. The summed E-state index contributed by atoms with van der Waals surface area (Å²) in [6, 6.07) is 4.75. The number of nitriles is 3. The molecule has 6 heteroatoms. The van der Waals surface area contributed by atoms with Crippen LogP contribution in [0.2, 0.25) is 0 Å². The Morgan fingerprint density at radius 1 is 1.33 bits per heavy atom. The summed E-state index contributed by atoms with van der Waals surface area (Å²) in [4.78, 5) is 0. The minimum Gasteiger partial charge on any atom is -0.484 e. The lowest BCUT2D eigenvalue weighted by molar-refractivity contribution is -0.0830. The van der Waals surface area contributed by atoms with E-state index in [2.05, 4.69) is 0 Å². The topological polar surface area (TPSA) is 89.8 Å². The number of halogens is 1. The minimum absolute atomic E-state index is 0.0319. The summed E-state index contributed by atoms with van der Waals surface area (Å²) in [6.07, 6.45) is 3.55. The van der Waals surface area contributed by atoms with Crippen LogP contribution in [-0.2, 0) is 9.47 Å². The Bertz CT molecular complexity index is 659. The summed E-state index contributed by atoms with van der Waals surface area (Å²) in [5.41, 5.74) is -1.29. The van der Waals surface area contributed by atoms with Gasteiger partial charge in [-0.2, -0.15) is 20.2 Å². The second kappa shape index (κ2) is 5.31. The molecule has 106 valence electrons. The molecule has 4 unspecified atom stereocenters. The molecule has 4 atom stereocenters. The Morgan fingerprint density at radius 2 is 2.00 bits per heavy atom. The molecule has 5 nitrogen and oxygen atoms in total. The van der Waals surface area contributed by atoms with E-state index in [1.807, 2.05) is 6.07 Å². The smallest absolute Gasteiger partial charge is 0.273 e. The van der Waals surface area contributed by atoms with Crippen LogP contribution in [-0.4, -0.2) is 11.7 Å². The van der Waals surface area contributed by atoms with Gasteiger partial charge < -0.3 is 9.47 Å². The molecule has 21 heavy (non-hydrogen) atoms. The first-order valence-electron chi connectivity index (χ1n) is 6.31. The van der Waals surface area contributed by atoms with E-state index in [1.54, 1.807) is 32.1 Å². The molecule has 1 fully saturated rings. The van der Waals surface area contributed by atoms with E-state index < -0.39 is 23.6 Å². The van der Waals surface area contributed by atoms with Crippen molar-refractivity contribution in [2.45, 2.75) is 25.6 Å². The fourth-order valence-electron chi connectivity index (χ4n) is 2.52. The average molecular weight is 285 g/mol. The summed E-state index contributed by atoms with van der Waals surface area (Å²) in [6.45, 7) is 3.43. The number of allylic oxidation sites excluding steroid dienone is 4. The molecule has 0 aromatic heterocycles. The van der Waals surface area contributed by atoms with Crippen LogP contribution < -0.4 is 0 Å². The molecule has 2 aliphatic heterocycles. The molecule has 0 amide bonds. The van der Waals surface area contributed by atoms with Gasteiger partial charge in [0, 0.05) is 12.0 Å². The second-order valence-corrected chi connectivity index (χ2v) is 5.04. The summed E-state index contributed by atoms with van der Waals surface area (Å²) < 4.78 is 24.2. The first-order valence-corrected chi connectivity index (χ1v) is 6.31. The fraction of sp³-hybridized carbons (Fsp3) is 0.400. The van der Waals surface area contributed by atoms with Crippen LogP contribution in [0.1, 0.15) is 13.8 Å². The maximum atomic E-state index is 13.3. The predicted octanol–water partition coefficient (Wildman–Crippen LogP) is 2.62. The summed E-state index contributed by atoms with van der Waals surface area (Å²) in [5.74, 6) is -1.10. The van der Waals surface area contributed by atoms with Crippen LogP contribution in [0.15, 0.2) is 35.6 Å². The van der Waals surface area contributed by atoms with Gasteiger partial charge in [-0.3, -0.25) is 0 Å². The largest absolute Gasteiger partial charge is 0.484 e. The zero-order valence-corrected chi connectivity index (χ0v) is 11.5. The van der Waals surface area contributed by atoms with Crippen LogP contribution in [0.5, 0.6) is 0 Å². The van der Waals surface area contributed by atoms with Gasteiger partial charge in [0.25, 0.3) is 6.01 Å². The van der Waals surface area contributed by atoms with Crippen molar-refractivity contribution in [1.29, 1.82) is 15.8 Å². The molecule has 0 saturated carbocycles. The van der Waals surface area contributed by atoms with Gasteiger partial charge in [-0.25, -0.2) is 0 Å². The molecule has 0 N–H and O–H groups in total. The summed E-state index contributed by atoms with van der Waals surface area (Å²) in [5, 5.41) is 27.3. The summed E-state index contributed by atoms with van der Waals surface area (Å²) in [7, 11) is 0. The van der Waals surface area contributed by atoms with E-state index in [9.17, 15) is 9.65 Å². The maximum absolute atomic E-state index is 13.3. The monoisotopic (exact) mass is 285 g/mol. The average Bonchev–Trinajstić information content (AvgIpc) is 2.73. The zero-order valence-electron chi connectivity index (χ0n) is 11.5. The van der Waals surface area contributed by atoms with Crippen molar-refractivity contribution < 1.29 is 13.9 Å². The van der Waals surface area contributed by atoms with Gasteiger partial charge in [0.1, 0.15) is 23.8 Å². The number of hydrogen-bond acceptors (Lipinski definition) is 5. The molecule has 0 aromatic carbocycles. The molecular formula is C15H12FN3O2. The van der Waals surface area contributed by atoms with E-state index >= 15 is 0 Å². The highest BCUT2D eigenvalue weighted by atomic mass is 19.1. The van der Waals surface area contributed by atoms with Crippen molar-refractivity contribution >= 4 is 0 Å². The van der Waals surface area contributed by atoms with Crippen LogP contribution >= 0.6 is 0 Å². The number of hydrogen-bond donors (Lipinski definition) is 0. The van der Waals surface area contributed by atoms with Crippen molar-refractivity contribution in [1.82, 2.24) is 0 Å². The lowest BCUT2D eigenvalue weighted by Gasteiger charge is -2.35. The SMILES string of the molecule is CC1C(C#N)C(=C(C#N)C#N)OC1(C)C1C=CC=C(F)O1. The molecule has 0 aromatic rings. The Morgan fingerprint density at radius 3 is 2.52 bits per heavy atom. The zero-order chi connectivity index (χ0) is 15.6. The maximum Gasteiger partial charge on any atom is 0.273 e. The van der Waals surface area contributed by atoms with Gasteiger partial charge in [-0.1, -0.05) is 13.0 Å². The van der Waals surface area contributed by atoms with Crippen LogP contribution in [0.25, 0.3) is 0 Å². The van der Waals surface area contributed by atoms with Crippen molar-refractivity contribution in [2.24, 2.45) is 11.8 Å². The normalized spacial score (nSPS) is 33.8. The molecule has 1 saturated heterocycles. The molecule has 2 heterocycles. The quantitative estimate of drug-likeness (QED) is 0.691. The van der Waals surface area contributed by atoms with Crippen molar-refractivity contribution in [2.75, 3.05) is 0 Å². The predicted molar refractivity (Wildman–Crippen MR) is 69.2 cm³/mol.